The summed E-state index contributed by atoms with van der Waals surface area (Å²) in [5.41, 5.74) is 9.80. The van der Waals surface area contributed by atoms with Gasteiger partial charge in [0.2, 0.25) is 0 Å². The molecule has 154 valence electrons. The fourth-order valence-electron chi connectivity index (χ4n) is 4.64. The zero-order valence-corrected chi connectivity index (χ0v) is 17.4. The van der Waals surface area contributed by atoms with E-state index in [0.29, 0.717) is 0 Å². The summed E-state index contributed by atoms with van der Waals surface area (Å²) in [5.74, 6) is 0. The van der Waals surface area contributed by atoms with E-state index in [-0.39, 0.29) is 10.6 Å². The van der Waals surface area contributed by atoms with Crippen LogP contribution in [-0.4, -0.2) is 9.91 Å². The number of fused-ring (bicyclic) bond motifs is 2. The van der Waals surface area contributed by atoms with Crippen molar-refractivity contribution in [3.63, 3.8) is 0 Å². The Labute approximate surface area is 182 Å². The van der Waals surface area contributed by atoms with Gasteiger partial charge in [-0.1, -0.05) is 36.4 Å². The summed E-state index contributed by atoms with van der Waals surface area (Å²) in [6, 6.07) is 19.6. The number of pyridine rings is 1. The van der Waals surface area contributed by atoms with Gasteiger partial charge >= 0.3 is 0 Å². The Balaban J connectivity index is 1.55. The number of nitrogens with zero attached hydrogens (tertiary/aromatic N) is 2. The molecule has 1 aromatic heterocycles. The lowest BCUT2D eigenvalue weighted by atomic mass is 9.84. The summed E-state index contributed by atoms with van der Waals surface area (Å²) in [7, 11) is 0. The van der Waals surface area contributed by atoms with E-state index >= 15 is 0 Å². The van der Waals surface area contributed by atoms with Crippen LogP contribution in [0, 0.1) is 10.1 Å². The van der Waals surface area contributed by atoms with Gasteiger partial charge in [0.25, 0.3) is 5.69 Å². The van der Waals surface area contributed by atoms with Gasteiger partial charge in [-0.3, -0.25) is 10.1 Å². The van der Waals surface area contributed by atoms with Gasteiger partial charge in [-0.2, -0.15) is 0 Å². The summed E-state index contributed by atoms with van der Waals surface area (Å²) in [6.45, 7) is 0. The predicted molar refractivity (Wildman–Crippen MR) is 125 cm³/mol. The monoisotopic (exact) mass is 408 g/mol. The molecule has 0 radical (unpaired) electrons. The van der Waals surface area contributed by atoms with Crippen molar-refractivity contribution in [3.8, 4) is 0 Å². The molecule has 0 saturated heterocycles. The Bertz CT molecular complexity index is 1190. The van der Waals surface area contributed by atoms with Crippen LogP contribution in [0.2, 0.25) is 0 Å². The maximum absolute atomic E-state index is 10.9. The second-order valence-electron chi connectivity index (χ2n) is 8.31. The third kappa shape index (κ3) is 4.06. The van der Waals surface area contributed by atoms with Gasteiger partial charge in [0.05, 0.1) is 16.3 Å². The third-order valence-corrected chi connectivity index (χ3v) is 6.16. The third-order valence-electron chi connectivity index (χ3n) is 6.16. The zero-order valence-electron chi connectivity index (χ0n) is 17.4. The number of hydrogen-bond donors (Lipinski definition) is 0. The molecule has 0 fully saturated rings. The van der Waals surface area contributed by atoms with Crippen LogP contribution in [-0.2, 0) is 12.8 Å². The second-order valence-corrected chi connectivity index (χ2v) is 8.31. The molecule has 2 aliphatic rings. The van der Waals surface area contributed by atoms with Gasteiger partial charge in [0.1, 0.15) is 0 Å². The summed E-state index contributed by atoms with van der Waals surface area (Å²) < 4.78 is 0. The number of rotatable bonds is 3. The van der Waals surface area contributed by atoms with Crippen LogP contribution in [0.3, 0.4) is 0 Å². The molecular weight excluding hydrogens is 384 g/mol. The molecule has 1 heterocycles. The molecular formula is C27H24N2O2. The average molecular weight is 409 g/mol. The molecule has 3 aromatic rings. The topological polar surface area (TPSA) is 56.0 Å². The number of allylic oxidation sites excluding steroid dienone is 2. The highest BCUT2D eigenvalue weighted by molar-refractivity contribution is 5.86. The normalized spacial score (nSPS) is 17.9. The van der Waals surface area contributed by atoms with E-state index in [1.165, 1.54) is 27.8 Å². The van der Waals surface area contributed by atoms with Crippen molar-refractivity contribution in [2.75, 3.05) is 0 Å². The highest BCUT2D eigenvalue weighted by Crippen LogP contribution is 2.37. The van der Waals surface area contributed by atoms with Crippen molar-refractivity contribution in [2.24, 2.45) is 0 Å². The van der Waals surface area contributed by atoms with Crippen LogP contribution >= 0.6 is 0 Å². The molecule has 0 atom stereocenters. The molecule has 4 heteroatoms. The Morgan fingerprint density at radius 2 is 1.29 bits per heavy atom. The second kappa shape index (κ2) is 8.31. The first-order valence-corrected chi connectivity index (χ1v) is 10.9. The van der Waals surface area contributed by atoms with Crippen LogP contribution in [0.25, 0.3) is 23.3 Å². The van der Waals surface area contributed by atoms with Crippen LogP contribution in [0.5, 0.6) is 0 Å². The molecule has 2 aliphatic carbocycles. The lowest BCUT2D eigenvalue weighted by Crippen LogP contribution is -2.12. The molecule has 0 spiro atoms. The number of benzene rings is 2. The minimum Gasteiger partial charge on any atom is -0.258 e. The molecule has 2 aromatic carbocycles. The van der Waals surface area contributed by atoms with Gasteiger partial charge in [0.15, 0.2) is 0 Å². The number of nitro benzene ring substituents is 1. The minimum absolute atomic E-state index is 0.120. The quantitative estimate of drug-likeness (QED) is 0.356. The van der Waals surface area contributed by atoms with Crippen molar-refractivity contribution in [1.29, 1.82) is 0 Å². The van der Waals surface area contributed by atoms with Crippen LogP contribution in [0.4, 0.5) is 5.69 Å². The first kappa shape index (κ1) is 19.4. The molecule has 0 aliphatic heterocycles. The van der Waals surface area contributed by atoms with Gasteiger partial charge in [-0.05, 0) is 96.2 Å². The summed E-state index contributed by atoms with van der Waals surface area (Å²) >= 11 is 0. The number of nitro groups is 1. The minimum atomic E-state index is -0.360. The van der Waals surface area contributed by atoms with Gasteiger partial charge in [0, 0.05) is 12.1 Å². The smallest absolute Gasteiger partial charge is 0.258 e. The standard InChI is InChI=1S/C27H24N2O2/c30-29(31)25-14-12-20(13-15-25)17-22-9-5-11-24-18-23-10-4-8-21(26(23)28-27(22)24)16-19-6-2-1-3-7-19/h1-3,6-7,12-18H,4-5,8-11H2/b21-16+,22-17-. The number of non-ortho nitro benzene ring substituents is 1. The maximum Gasteiger partial charge on any atom is 0.269 e. The zero-order chi connectivity index (χ0) is 21.2. The molecule has 4 nitrogen and oxygen atoms in total. The Kier molecular flexibility index (Phi) is 5.21. The first-order chi connectivity index (χ1) is 15.2. The van der Waals surface area contributed by atoms with E-state index in [4.69, 9.17) is 4.98 Å². The summed E-state index contributed by atoms with van der Waals surface area (Å²) in [4.78, 5) is 15.8. The van der Waals surface area contributed by atoms with Crippen molar-refractivity contribution in [3.05, 3.63) is 104 Å². The Morgan fingerprint density at radius 1 is 0.742 bits per heavy atom. The van der Waals surface area contributed by atoms with Crippen molar-refractivity contribution in [2.45, 2.75) is 38.5 Å². The molecule has 0 saturated carbocycles. The maximum atomic E-state index is 10.9. The van der Waals surface area contributed by atoms with Gasteiger partial charge in [-0.25, -0.2) is 4.98 Å². The summed E-state index contributed by atoms with van der Waals surface area (Å²) in [5, 5.41) is 10.9. The highest BCUT2D eigenvalue weighted by atomic mass is 16.6. The molecule has 0 bridgehead atoms. The van der Waals surface area contributed by atoms with E-state index in [9.17, 15) is 10.1 Å². The SMILES string of the molecule is O=[N+]([O-])c1ccc(/C=C2/CCCc3cc4c(nc32)/C(=C/c2ccccc2)CCC4)cc1. The van der Waals surface area contributed by atoms with E-state index in [1.54, 1.807) is 12.1 Å². The fraction of sp³-hybridized carbons (Fsp3) is 0.222. The summed E-state index contributed by atoms with van der Waals surface area (Å²) in [6.07, 6.45) is 10.9. The van der Waals surface area contributed by atoms with Crippen molar-refractivity contribution in [1.82, 2.24) is 4.98 Å². The number of aromatic nitrogens is 1. The van der Waals surface area contributed by atoms with Crippen LogP contribution in [0.15, 0.2) is 60.7 Å². The van der Waals surface area contributed by atoms with E-state index in [1.807, 2.05) is 18.2 Å². The van der Waals surface area contributed by atoms with Crippen molar-refractivity contribution >= 4 is 29.0 Å². The van der Waals surface area contributed by atoms with E-state index in [2.05, 4.69) is 42.5 Å². The molecule has 5 rings (SSSR count). The molecule has 0 unspecified atom stereocenters. The molecule has 31 heavy (non-hydrogen) atoms. The Morgan fingerprint density at radius 3 is 1.84 bits per heavy atom. The molecule has 0 N–H and O–H groups in total. The lowest BCUT2D eigenvalue weighted by Gasteiger charge is -2.25. The number of aryl methyl sites for hydroxylation is 2. The van der Waals surface area contributed by atoms with Gasteiger partial charge in [-0.15, -0.1) is 0 Å². The van der Waals surface area contributed by atoms with E-state index < -0.39 is 0 Å². The number of hydrogen-bond acceptors (Lipinski definition) is 3. The fourth-order valence-corrected chi connectivity index (χ4v) is 4.64. The largest absolute Gasteiger partial charge is 0.269 e. The van der Waals surface area contributed by atoms with E-state index in [0.717, 1.165) is 55.5 Å². The average Bonchev–Trinajstić information content (AvgIpc) is 2.79. The van der Waals surface area contributed by atoms with Crippen LogP contribution < -0.4 is 0 Å². The first-order valence-electron chi connectivity index (χ1n) is 10.9. The highest BCUT2D eigenvalue weighted by Gasteiger charge is 2.22. The van der Waals surface area contributed by atoms with Crippen LogP contribution in [0.1, 0.15) is 59.3 Å². The molecule has 0 amide bonds. The predicted octanol–water partition coefficient (Wildman–Crippen LogP) is 6.74. The lowest BCUT2D eigenvalue weighted by molar-refractivity contribution is -0.384. The van der Waals surface area contributed by atoms with Gasteiger partial charge < -0.3 is 0 Å². The Hall–Kier alpha value is -3.53. The van der Waals surface area contributed by atoms with Crippen molar-refractivity contribution < 1.29 is 4.92 Å².